The molecule has 0 radical (unpaired) electrons. The first kappa shape index (κ1) is 10.9. The molecule has 2 heterocycles. The highest BCUT2D eigenvalue weighted by Crippen LogP contribution is 2.33. The topological polar surface area (TPSA) is 29.5 Å². The Morgan fingerprint density at radius 2 is 2.07 bits per heavy atom. The minimum atomic E-state index is -0.242. The maximum absolute atomic E-state index is 11.3. The summed E-state index contributed by atoms with van der Waals surface area (Å²) in [5, 5.41) is 0. The number of ether oxygens (including phenoxy) is 1. The van der Waals surface area contributed by atoms with Gasteiger partial charge >= 0.3 is 5.97 Å². The Morgan fingerprint density at radius 1 is 1.40 bits per heavy atom. The SMILES string of the molecule is C[C@H]1CC(=O)O[C@@]1(C)CN1CCCCC1. The minimum absolute atomic E-state index is 0.0259. The van der Waals surface area contributed by atoms with Crippen molar-refractivity contribution in [2.45, 2.75) is 45.1 Å². The summed E-state index contributed by atoms with van der Waals surface area (Å²) in [4.78, 5) is 13.7. The summed E-state index contributed by atoms with van der Waals surface area (Å²) in [6.07, 6.45) is 4.52. The monoisotopic (exact) mass is 211 g/mol. The van der Waals surface area contributed by atoms with Gasteiger partial charge in [0.1, 0.15) is 5.60 Å². The smallest absolute Gasteiger partial charge is 0.306 e. The molecule has 3 heteroatoms. The predicted molar refractivity (Wildman–Crippen MR) is 58.6 cm³/mol. The zero-order chi connectivity index (χ0) is 10.9. The number of hydrogen-bond donors (Lipinski definition) is 0. The molecule has 0 aromatic carbocycles. The van der Waals surface area contributed by atoms with E-state index in [4.69, 9.17) is 4.74 Å². The first-order valence-corrected chi connectivity index (χ1v) is 6.04. The van der Waals surface area contributed by atoms with Gasteiger partial charge in [-0.15, -0.1) is 0 Å². The Hall–Kier alpha value is -0.570. The van der Waals surface area contributed by atoms with Crippen LogP contribution in [0.2, 0.25) is 0 Å². The van der Waals surface area contributed by atoms with Crippen molar-refractivity contribution >= 4 is 5.97 Å². The lowest BCUT2D eigenvalue weighted by Crippen LogP contribution is -2.46. The predicted octanol–water partition coefficient (Wildman–Crippen LogP) is 1.81. The summed E-state index contributed by atoms with van der Waals surface area (Å²) in [6.45, 7) is 7.45. The molecule has 2 rings (SSSR count). The molecule has 0 unspecified atom stereocenters. The van der Waals surface area contributed by atoms with E-state index in [1.807, 2.05) is 0 Å². The highest BCUT2D eigenvalue weighted by Gasteiger charge is 2.43. The molecule has 0 aromatic rings. The van der Waals surface area contributed by atoms with Gasteiger partial charge in [0.2, 0.25) is 0 Å². The summed E-state index contributed by atoms with van der Waals surface area (Å²) in [7, 11) is 0. The average Bonchev–Trinajstić information content (AvgIpc) is 2.41. The molecule has 0 spiro atoms. The number of nitrogens with zero attached hydrogens (tertiary/aromatic N) is 1. The van der Waals surface area contributed by atoms with Gasteiger partial charge in [0.25, 0.3) is 0 Å². The molecule has 0 amide bonds. The maximum Gasteiger partial charge on any atom is 0.306 e. The normalized spacial score (nSPS) is 38.0. The zero-order valence-corrected chi connectivity index (χ0v) is 9.79. The van der Waals surface area contributed by atoms with Crippen LogP contribution in [0.1, 0.15) is 39.5 Å². The molecule has 2 aliphatic rings. The molecule has 0 aliphatic carbocycles. The van der Waals surface area contributed by atoms with Crippen LogP contribution in [0.3, 0.4) is 0 Å². The van der Waals surface area contributed by atoms with Crippen molar-refractivity contribution in [3.63, 3.8) is 0 Å². The van der Waals surface area contributed by atoms with Gasteiger partial charge in [0.05, 0.1) is 6.42 Å². The van der Waals surface area contributed by atoms with Crippen LogP contribution >= 0.6 is 0 Å². The maximum atomic E-state index is 11.3. The van der Waals surface area contributed by atoms with Gasteiger partial charge in [-0.2, -0.15) is 0 Å². The van der Waals surface area contributed by atoms with Crippen molar-refractivity contribution in [1.29, 1.82) is 0 Å². The fourth-order valence-corrected chi connectivity index (χ4v) is 2.62. The standard InChI is InChI=1S/C12H21NO2/c1-10-8-11(14)15-12(10,2)9-13-6-4-3-5-7-13/h10H,3-9H2,1-2H3/t10-,12-/m0/s1. The number of rotatable bonds is 2. The average molecular weight is 211 g/mol. The molecule has 2 atom stereocenters. The Labute approximate surface area is 91.8 Å². The van der Waals surface area contributed by atoms with Crippen molar-refractivity contribution in [2.24, 2.45) is 5.92 Å². The highest BCUT2D eigenvalue weighted by atomic mass is 16.6. The summed E-state index contributed by atoms with van der Waals surface area (Å²) in [5.74, 6) is 0.328. The van der Waals surface area contributed by atoms with Crippen LogP contribution < -0.4 is 0 Å². The van der Waals surface area contributed by atoms with Gasteiger partial charge in [-0.1, -0.05) is 13.3 Å². The second-order valence-corrected chi connectivity index (χ2v) is 5.23. The molecule has 2 aliphatic heterocycles. The Kier molecular flexibility index (Phi) is 3.01. The number of piperidine rings is 1. The third-order valence-electron chi connectivity index (χ3n) is 3.85. The molecule has 3 nitrogen and oxygen atoms in total. The van der Waals surface area contributed by atoms with E-state index in [0.717, 1.165) is 6.54 Å². The quantitative estimate of drug-likeness (QED) is 0.652. The summed E-state index contributed by atoms with van der Waals surface area (Å²) >= 11 is 0. The van der Waals surface area contributed by atoms with Gasteiger partial charge in [-0.3, -0.25) is 9.69 Å². The highest BCUT2D eigenvalue weighted by molar-refractivity contribution is 5.72. The first-order valence-electron chi connectivity index (χ1n) is 6.04. The van der Waals surface area contributed by atoms with Gasteiger partial charge in [-0.05, 0) is 32.9 Å². The van der Waals surface area contributed by atoms with E-state index >= 15 is 0 Å². The van der Waals surface area contributed by atoms with E-state index in [-0.39, 0.29) is 11.6 Å². The lowest BCUT2D eigenvalue weighted by atomic mass is 9.90. The van der Waals surface area contributed by atoms with E-state index in [9.17, 15) is 4.79 Å². The molecule has 86 valence electrons. The second-order valence-electron chi connectivity index (χ2n) is 5.23. The van der Waals surface area contributed by atoms with Crippen LogP contribution in [-0.4, -0.2) is 36.1 Å². The van der Waals surface area contributed by atoms with Gasteiger partial charge in [0, 0.05) is 12.5 Å². The van der Waals surface area contributed by atoms with Crippen LogP contribution in [0.15, 0.2) is 0 Å². The number of carbonyl (C=O) groups is 1. The fourth-order valence-electron chi connectivity index (χ4n) is 2.62. The molecule has 2 saturated heterocycles. The summed E-state index contributed by atoms with van der Waals surface area (Å²) < 4.78 is 5.48. The molecule has 2 fully saturated rings. The van der Waals surface area contributed by atoms with E-state index in [2.05, 4.69) is 18.7 Å². The van der Waals surface area contributed by atoms with Gasteiger partial charge in [-0.25, -0.2) is 0 Å². The van der Waals surface area contributed by atoms with Gasteiger partial charge in [0.15, 0.2) is 0 Å². The summed E-state index contributed by atoms with van der Waals surface area (Å²) in [5.41, 5.74) is -0.242. The lowest BCUT2D eigenvalue weighted by Gasteiger charge is -2.35. The second kappa shape index (κ2) is 4.12. The van der Waals surface area contributed by atoms with Crippen molar-refractivity contribution in [2.75, 3.05) is 19.6 Å². The molecule has 0 bridgehead atoms. The van der Waals surface area contributed by atoms with Crippen LogP contribution in [0.4, 0.5) is 0 Å². The zero-order valence-electron chi connectivity index (χ0n) is 9.79. The van der Waals surface area contributed by atoms with E-state index in [1.165, 1.54) is 32.4 Å². The van der Waals surface area contributed by atoms with Crippen molar-refractivity contribution < 1.29 is 9.53 Å². The molecular weight excluding hydrogens is 190 g/mol. The first-order chi connectivity index (χ1) is 7.10. The number of hydrogen-bond acceptors (Lipinski definition) is 3. The third kappa shape index (κ3) is 2.33. The van der Waals surface area contributed by atoms with Crippen LogP contribution in [0.25, 0.3) is 0 Å². The van der Waals surface area contributed by atoms with E-state index in [1.54, 1.807) is 0 Å². The van der Waals surface area contributed by atoms with E-state index in [0.29, 0.717) is 12.3 Å². The van der Waals surface area contributed by atoms with Crippen LogP contribution in [-0.2, 0) is 9.53 Å². The van der Waals surface area contributed by atoms with Crippen molar-refractivity contribution in [3.8, 4) is 0 Å². The minimum Gasteiger partial charge on any atom is -0.458 e. The van der Waals surface area contributed by atoms with Crippen LogP contribution in [0, 0.1) is 5.92 Å². The third-order valence-corrected chi connectivity index (χ3v) is 3.85. The van der Waals surface area contributed by atoms with Gasteiger partial charge < -0.3 is 4.74 Å². The number of likely N-dealkylation sites (tertiary alicyclic amines) is 1. The molecule has 0 aromatic heterocycles. The Balaban J connectivity index is 1.94. The Bertz CT molecular complexity index is 248. The molecular formula is C12H21NO2. The Morgan fingerprint density at radius 3 is 2.60 bits per heavy atom. The van der Waals surface area contributed by atoms with Crippen molar-refractivity contribution in [1.82, 2.24) is 4.90 Å². The molecule has 15 heavy (non-hydrogen) atoms. The lowest BCUT2D eigenvalue weighted by molar-refractivity contribution is -0.149. The van der Waals surface area contributed by atoms with E-state index < -0.39 is 0 Å². The number of esters is 1. The van der Waals surface area contributed by atoms with Crippen LogP contribution in [0.5, 0.6) is 0 Å². The fraction of sp³-hybridized carbons (Fsp3) is 0.917. The molecule has 0 saturated carbocycles. The molecule has 0 N–H and O–H groups in total. The number of cyclic esters (lactones) is 1. The van der Waals surface area contributed by atoms with Crippen molar-refractivity contribution in [3.05, 3.63) is 0 Å². The summed E-state index contributed by atoms with van der Waals surface area (Å²) in [6, 6.07) is 0. The largest absolute Gasteiger partial charge is 0.458 e. The number of carbonyl (C=O) groups excluding carboxylic acids is 1.